The van der Waals surface area contributed by atoms with Crippen molar-refractivity contribution in [3.05, 3.63) is 5.25 Å². The zero-order valence-corrected chi connectivity index (χ0v) is 6.40. The molecule has 0 aliphatic carbocycles. The van der Waals surface area contributed by atoms with Gasteiger partial charge in [-0.25, -0.2) is 0 Å². The molecule has 0 saturated heterocycles. The van der Waals surface area contributed by atoms with Crippen molar-refractivity contribution in [2.45, 2.75) is 26.7 Å². The average Bonchev–Trinajstić information content (AvgIpc) is 1.65. The average molecular weight is 151 g/mol. The standard InChI is InChI=1S/C5H11O3S/c1-3-5(4-2)9(6,7)8/h3-4H2,1-2H3,(H,6,7,8). The Kier molecular flexibility index (Phi) is 3.14. The molecule has 0 aromatic heterocycles. The van der Waals surface area contributed by atoms with E-state index in [1.165, 1.54) is 0 Å². The monoisotopic (exact) mass is 151 g/mol. The van der Waals surface area contributed by atoms with Gasteiger partial charge in [0.05, 0.1) is 0 Å². The summed E-state index contributed by atoms with van der Waals surface area (Å²) in [6.07, 6.45) is 0.796. The van der Waals surface area contributed by atoms with Gasteiger partial charge in [-0.2, -0.15) is 8.42 Å². The van der Waals surface area contributed by atoms with E-state index in [1.54, 1.807) is 13.8 Å². The molecule has 1 radical (unpaired) electrons. The van der Waals surface area contributed by atoms with Crippen molar-refractivity contribution >= 4 is 10.1 Å². The highest BCUT2D eigenvalue weighted by Crippen LogP contribution is 2.16. The maximum absolute atomic E-state index is 10.3. The third kappa shape index (κ3) is 2.81. The lowest BCUT2D eigenvalue weighted by molar-refractivity contribution is 0.479. The maximum atomic E-state index is 10.3. The van der Waals surface area contributed by atoms with E-state index in [9.17, 15) is 8.42 Å². The highest BCUT2D eigenvalue weighted by molar-refractivity contribution is 7.88. The highest BCUT2D eigenvalue weighted by atomic mass is 32.2. The molecule has 0 spiro atoms. The van der Waals surface area contributed by atoms with Gasteiger partial charge in [0.1, 0.15) is 5.25 Å². The minimum absolute atomic E-state index is 0.197. The van der Waals surface area contributed by atoms with E-state index in [0.717, 1.165) is 0 Å². The molecule has 0 amide bonds. The van der Waals surface area contributed by atoms with Gasteiger partial charge in [-0.1, -0.05) is 13.8 Å². The Bertz CT molecular complexity index is 155. The van der Waals surface area contributed by atoms with Crippen molar-refractivity contribution in [3.63, 3.8) is 0 Å². The van der Waals surface area contributed by atoms with Crippen LogP contribution in [0, 0.1) is 5.25 Å². The summed E-state index contributed by atoms with van der Waals surface area (Å²) in [4.78, 5) is 0. The molecule has 0 atom stereocenters. The second-order valence-electron chi connectivity index (χ2n) is 1.72. The maximum Gasteiger partial charge on any atom is 0.272 e. The van der Waals surface area contributed by atoms with Gasteiger partial charge in [-0.05, 0) is 12.8 Å². The van der Waals surface area contributed by atoms with Crippen molar-refractivity contribution in [2.75, 3.05) is 0 Å². The molecule has 9 heavy (non-hydrogen) atoms. The van der Waals surface area contributed by atoms with Crippen molar-refractivity contribution in [3.8, 4) is 0 Å². The molecule has 1 N–H and O–H groups in total. The fraction of sp³-hybridized carbons (Fsp3) is 0.800. The summed E-state index contributed by atoms with van der Waals surface area (Å²) in [7, 11) is -3.85. The van der Waals surface area contributed by atoms with E-state index in [4.69, 9.17) is 4.55 Å². The number of rotatable bonds is 3. The molecular formula is C5H11O3S. The SMILES string of the molecule is CC[C](CC)S(=O)(=O)O. The first-order chi connectivity index (χ1) is 4.02. The summed E-state index contributed by atoms with van der Waals surface area (Å²) < 4.78 is 29.0. The lowest BCUT2D eigenvalue weighted by Gasteiger charge is -2.04. The van der Waals surface area contributed by atoms with E-state index < -0.39 is 10.1 Å². The molecule has 0 rings (SSSR count). The highest BCUT2D eigenvalue weighted by Gasteiger charge is 2.18. The Hall–Kier alpha value is -0.0900. The number of hydrogen-bond acceptors (Lipinski definition) is 2. The van der Waals surface area contributed by atoms with Crippen molar-refractivity contribution in [2.24, 2.45) is 0 Å². The van der Waals surface area contributed by atoms with Crippen LogP contribution in [0.1, 0.15) is 26.7 Å². The molecule has 0 aliphatic heterocycles. The normalized spacial score (nSPS) is 12.4. The lowest BCUT2D eigenvalue weighted by atomic mass is 10.3. The molecular weight excluding hydrogens is 140 g/mol. The van der Waals surface area contributed by atoms with E-state index in [0.29, 0.717) is 12.8 Å². The van der Waals surface area contributed by atoms with Crippen molar-refractivity contribution in [1.82, 2.24) is 0 Å². The minimum Gasteiger partial charge on any atom is -0.285 e. The van der Waals surface area contributed by atoms with Gasteiger partial charge >= 0.3 is 0 Å². The molecule has 0 bridgehead atoms. The van der Waals surface area contributed by atoms with Gasteiger partial charge in [0.2, 0.25) is 0 Å². The Morgan fingerprint density at radius 1 is 1.33 bits per heavy atom. The van der Waals surface area contributed by atoms with Crippen LogP contribution < -0.4 is 0 Å². The van der Waals surface area contributed by atoms with Gasteiger partial charge in [-0.3, -0.25) is 4.55 Å². The van der Waals surface area contributed by atoms with Crippen LogP contribution in [0.25, 0.3) is 0 Å². The Morgan fingerprint density at radius 2 is 1.67 bits per heavy atom. The van der Waals surface area contributed by atoms with Gasteiger partial charge in [0, 0.05) is 0 Å². The second kappa shape index (κ2) is 3.17. The van der Waals surface area contributed by atoms with Crippen LogP contribution in [0.15, 0.2) is 0 Å². The first kappa shape index (κ1) is 8.91. The zero-order chi connectivity index (χ0) is 7.49. The Morgan fingerprint density at radius 3 is 1.67 bits per heavy atom. The fourth-order valence-corrected chi connectivity index (χ4v) is 1.34. The largest absolute Gasteiger partial charge is 0.285 e. The lowest BCUT2D eigenvalue weighted by Crippen LogP contribution is -2.08. The molecule has 0 aromatic rings. The van der Waals surface area contributed by atoms with Crippen LogP contribution in [0.3, 0.4) is 0 Å². The second-order valence-corrected chi connectivity index (χ2v) is 3.25. The summed E-state index contributed by atoms with van der Waals surface area (Å²) >= 11 is 0. The van der Waals surface area contributed by atoms with E-state index in [1.807, 2.05) is 0 Å². The first-order valence-corrected chi connectivity index (χ1v) is 4.28. The zero-order valence-electron chi connectivity index (χ0n) is 5.59. The summed E-state index contributed by atoms with van der Waals surface area (Å²) in [6.45, 7) is 3.40. The molecule has 0 aromatic carbocycles. The van der Waals surface area contributed by atoms with Crippen molar-refractivity contribution < 1.29 is 13.0 Å². The van der Waals surface area contributed by atoms with Crippen LogP contribution in [-0.4, -0.2) is 13.0 Å². The summed E-state index contributed by atoms with van der Waals surface area (Å²) in [5.41, 5.74) is 0. The van der Waals surface area contributed by atoms with Crippen molar-refractivity contribution in [1.29, 1.82) is 0 Å². The predicted octanol–water partition coefficient (Wildman–Crippen LogP) is 1.23. The molecule has 3 nitrogen and oxygen atoms in total. The molecule has 0 aliphatic rings. The molecule has 0 saturated carbocycles. The van der Waals surface area contributed by atoms with Gasteiger partial charge in [0.25, 0.3) is 10.1 Å². The third-order valence-corrected chi connectivity index (χ3v) is 2.46. The summed E-state index contributed by atoms with van der Waals surface area (Å²) in [5.74, 6) is 0. The number of hydrogen-bond donors (Lipinski definition) is 1. The molecule has 0 unspecified atom stereocenters. The fourth-order valence-electron chi connectivity index (χ4n) is 0.615. The quantitative estimate of drug-likeness (QED) is 0.617. The Labute approximate surface area is 55.8 Å². The van der Waals surface area contributed by atoms with Crippen LogP contribution in [0.4, 0.5) is 0 Å². The van der Waals surface area contributed by atoms with E-state index in [2.05, 4.69) is 0 Å². The van der Waals surface area contributed by atoms with E-state index >= 15 is 0 Å². The Balaban J connectivity index is 4.14. The topological polar surface area (TPSA) is 54.4 Å². The first-order valence-electron chi connectivity index (χ1n) is 2.84. The smallest absolute Gasteiger partial charge is 0.272 e. The van der Waals surface area contributed by atoms with Crippen LogP contribution >= 0.6 is 0 Å². The molecule has 55 valence electrons. The summed E-state index contributed by atoms with van der Waals surface area (Å²) in [5, 5.41) is 0.197. The molecule has 0 fully saturated rings. The van der Waals surface area contributed by atoms with Crippen LogP contribution in [0.5, 0.6) is 0 Å². The predicted molar refractivity (Wildman–Crippen MR) is 35.4 cm³/mol. The van der Waals surface area contributed by atoms with E-state index in [-0.39, 0.29) is 5.25 Å². The molecule has 0 heterocycles. The van der Waals surface area contributed by atoms with Crippen LogP contribution in [-0.2, 0) is 10.1 Å². The van der Waals surface area contributed by atoms with Gasteiger partial charge in [0.15, 0.2) is 0 Å². The third-order valence-electron chi connectivity index (χ3n) is 1.15. The van der Waals surface area contributed by atoms with Gasteiger partial charge in [-0.15, -0.1) is 0 Å². The van der Waals surface area contributed by atoms with Gasteiger partial charge < -0.3 is 0 Å². The van der Waals surface area contributed by atoms with Crippen LogP contribution in [0.2, 0.25) is 0 Å². The summed E-state index contributed by atoms with van der Waals surface area (Å²) in [6, 6.07) is 0. The molecule has 4 heteroatoms. The minimum atomic E-state index is -3.85.